The standard InChI is InChI=1S/C17H18N2O3S/c1-12-17(21)19(14-6-2-3-7-15(14)22-12)11-16(20)18-9-8-13-5-4-10-23-13/h2-7,10,12H,8-9,11H2,1H3,(H,18,20)/t12-/m1/s1. The number of anilines is 1. The van der Waals surface area contributed by atoms with E-state index in [9.17, 15) is 9.59 Å². The van der Waals surface area contributed by atoms with E-state index in [1.165, 1.54) is 9.78 Å². The van der Waals surface area contributed by atoms with Crippen LogP contribution in [0.2, 0.25) is 0 Å². The molecule has 2 amide bonds. The predicted molar refractivity (Wildman–Crippen MR) is 89.9 cm³/mol. The first-order chi connectivity index (χ1) is 11.1. The van der Waals surface area contributed by atoms with Crippen molar-refractivity contribution in [3.05, 3.63) is 46.7 Å². The van der Waals surface area contributed by atoms with Crippen molar-refractivity contribution in [2.45, 2.75) is 19.4 Å². The molecule has 0 aliphatic carbocycles. The number of thiophene rings is 1. The minimum absolute atomic E-state index is 0.00792. The van der Waals surface area contributed by atoms with Crippen LogP contribution < -0.4 is 15.0 Å². The number of ether oxygens (including phenoxy) is 1. The van der Waals surface area contributed by atoms with Crippen LogP contribution in [-0.4, -0.2) is 31.0 Å². The first-order valence-electron chi connectivity index (χ1n) is 7.51. The van der Waals surface area contributed by atoms with Crippen molar-refractivity contribution in [1.82, 2.24) is 5.32 Å². The fourth-order valence-corrected chi connectivity index (χ4v) is 3.21. The lowest BCUT2D eigenvalue weighted by Crippen LogP contribution is -2.49. The van der Waals surface area contributed by atoms with E-state index in [1.54, 1.807) is 30.4 Å². The molecule has 0 spiro atoms. The van der Waals surface area contributed by atoms with E-state index in [-0.39, 0.29) is 18.4 Å². The van der Waals surface area contributed by atoms with E-state index < -0.39 is 6.10 Å². The molecule has 1 aliphatic heterocycles. The van der Waals surface area contributed by atoms with Crippen LogP contribution in [-0.2, 0) is 16.0 Å². The number of nitrogens with zero attached hydrogens (tertiary/aromatic N) is 1. The van der Waals surface area contributed by atoms with Gasteiger partial charge in [-0.3, -0.25) is 14.5 Å². The lowest BCUT2D eigenvalue weighted by molar-refractivity contribution is -0.128. The predicted octanol–water partition coefficient (Wildman–Crippen LogP) is 2.22. The summed E-state index contributed by atoms with van der Waals surface area (Å²) >= 11 is 1.67. The number of hydrogen-bond acceptors (Lipinski definition) is 4. The Morgan fingerprint density at radius 3 is 2.91 bits per heavy atom. The highest BCUT2D eigenvalue weighted by molar-refractivity contribution is 7.09. The summed E-state index contributed by atoms with van der Waals surface area (Å²) in [5.74, 6) is 0.266. The van der Waals surface area contributed by atoms with E-state index in [0.29, 0.717) is 18.0 Å². The van der Waals surface area contributed by atoms with E-state index in [1.807, 2.05) is 29.6 Å². The van der Waals surface area contributed by atoms with Crippen molar-refractivity contribution < 1.29 is 14.3 Å². The maximum absolute atomic E-state index is 12.3. The molecule has 0 radical (unpaired) electrons. The van der Waals surface area contributed by atoms with Gasteiger partial charge >= 0.3 is 0 Å². The second-order valence-electron chi connectivity index (χ2n) is 5.33. The number of carbonyl (C=O) groups is 2. The zero-order chi connectivity index (χ0) is 16.2. The first-order valence-corrected chi connectivity index (χ1v) is 8.39. The van der Waals surface area contributed by atoms with E-state index in [0.717, 1.165) is 6.42 Å². The Morgan fingerprint density at radius 2 is 2.13 bits per heavy atom. The Morgan fingerprint density at radius 1 is 1.30 bits per heavy atom. The minimum atomic E-state index is -0.580. The van der Waals surface area contributed by atoms with Crippen LogP contribution in [0.15, 0.2) is 41.8 Å². The van der Waals surface area contributed by atoms with Crippen molar-refractivity contribution in [3.63, 3.8) is 0 Å². The Kier molecular flexibility index (Phi) is 4.62. The summed E-state index contributed by atoms with van der Waals surface area (Å²) in [6.45, 7) is 2.27. The molecule has 2 aromatic rings. The van der Waals surface area contributed by atoms with Crippen molar-refractivity contribution >= 4 is 28.8 Å². The van der Waals surface area contributed by atoms with Gasteiger partial charge < -0.3 is 10.1 Å². The Balaban J connectivity index is 1.62. The molecule has 1 atom stereocenters. The summed E-state index contributed by atoms with van der Waals surface area (Å²) in [4.78, 5) is 27.2. The van der Waals surface area contributed by atoms with Crippen molar-refractivity contribution in [1.29, 1.82) is 0 Å². The van der Waals surface area contributed by atoms with Gasteiger partial charge in [-0.25, -0.2) is 0 Å². The lowest BCUT2D eigenvalue weighted by Gasteiger charge is -2.32. The van der Waals surface area contributed by atoms with Crippen LogP contribution in [0.1, 0.15) is 11.8 Å². The zero-order valence-electron chi connectivity index (χ0n) is 12.8. The van der Waals surface area contributed by atoms with Crippen molar-refractivity contribution in [3.8, 4) is 5.75 Å². The number of benzene rings is 1. The molecule has 5 nitrogen and oxygen atoms in total. The smallest absolute Gasteiger partial charge is 0.268 e. The highest BCUT2D eigenvalue weighted by atomic mass is 32.1. The monoisotopic (exact) mass is 330 g/mol. The molecule has 1 aromatic heterocycles. The van der Waals surface area contributed by atoms with Crippen LogP contribution in [0.4, 0.5) is 5.69 Å². The average Bonchev–Trinajstić information content (AvgIpc) is 3.05. The average molecular weight is 330 g/mol. The number of nitrogens with one attached hydrogen (secondary N) is 1. The van der Waals surface area contributed by atoms with Crippen LogP contribution in [0.25, 0.3) is 0 Å². The Bertz CT molecular complexity index is 700. The van der Waals surface area contributed by atoms with Gasteiger partial charge in [-0.15, -0.1) is 11.3 Å². The van der Waals surface area contributed by atoms with Gasteiger partial charge in [0.25, 0.3) is 5.91 Å². The summed E-state index contributed by atoms with van der Waals surface area (Å²) in [6.07, 6.45) is 0.219. The summed E-state index contributed by atoms with van der Waals surface area (Å²) in [6, 6.07) is 11.3. The third-order valence-electron chi connectivity index (χ3n) is 3.65. The molecule has 2 heterocycles. The summed E-state index contributed by atoms with van der Waals surface area (Å²) in [5, 5.41) is 4.88. The van der Waals surface area contributed by atoms with E-state index in [2.05, 4.69) is 5.32 Å². The molecule has 23 heavy (non-hydrogen) atoms. The number of rotatable bonds is 5. The van der Waals surface area contributed by atoms with Gasteiger partial charge in [0.05, 0.1) is 5.69 Å². The maximum Gasteiger partial charge on any atom is 0.268 e. The highest BCUT2D eigenvalue weighted by Gasteiger charge is 2.32. The second kappa shape index (κ2) is 6.83. The molecule has 0 bridgehead atoms. The molecule has 6 heteroatoms. The van der Waals surface area contributed by atoms with E-state index >= 15 is 0 Å². The molecule has 120 valence electrons. The van der Waals surface area contributed by atoms with Crippen molar-refractivity contribution in [2.75, 3.05) is 18.0 Å². The largest absolute Gasteiger partial charge is 0.479 e. The number of carbonyl (C=O) groups excluding carboxylic acids is 2. The molecule has 3 rings (SSSR count). The molecule has 1 aromatic carbocycles. The van der Waals surface area contributed by atoms with Gasteiger partial charge in [-0.1, -0.05) is 18.2 Å². The fourth-order valence-electron chi connectivity index (χ4n) is 2.50. The Hall–Kier alpha value is -2.34. The normalized spacial score (nSPS) is 16.7. The number of amides is 2. The molecule has 0 saturated heterocycles. The number of hydrogen-bond donors (Lipinski definition) is 1. The summed E-state index contributed by atoms with van der Waals surface area (Å²) < 4.78 is 5.56. The number of para-hydroxylation sites is 2. The van der Waals surface area contributed by atoms with Crippen LogP contribution in [0, 0.1) is 0 Å². The molecule has 0 unspecified atom stereocenters. The SMILES string of the molecule is C[C@H]1Oc2ccccc2N(CC(=O)NCCc2cccs2)C1=O. The third-order valence-corrected chi connectivity index (χ3v) is 4.59. The van der Waals surface area contributed by atoms with Gasteiger partial charge in [-0.2, -0.15) is 0 Å². The minimum Gasteiger partial charge on any atom is -0.479 e. The van der Waals surface area contributed by atoms with E-state index in [4.69, 9.17) is 4.74 Å². The zero-order valence-corrected chi connectivity index (χ0v) is 13.6. The van der Waals surface area contributed by atoms with Gasteiger partial charge in [0, 0.05) is 11.4 Å². The topological polar surface area (TPSA) is 58.6 Å². The molecular formula is C17H18N2O3S. The quantitative estimate of drug-likeness (QED) is 0.914. The molecule has 1 N–H and O–H groups in total. The van der Waals surface area contributed by atoms with Crippen LogP contribution in [0.5, 0.6) is 5.75 Å². The molecule has 0 fully saturated rings. The summed E-state index contributed by atoms with van der Waals surface area (Å²) in [5.41, 5.74) is 0.643. The van der Waals surface area contributed by atoms with Crippen molar-refractivity contribution in [2.24, 2.45) is 0 Å². The van der Waals surface area contributed by atoms with Gasteiger partial charge in [0.15, 0.2) is 6.10 Å². The molecular weight excluding hydrogens is 312 g/mol. The fraction of sp³-hybridized carbons (Fsp3) is 0.294. The van der Waals surface area contributed by atoms with Crippen LogP contribution >= 0.6 is 11.3 Å². The maximum atomic E-state index is 12.3. The number of fused-ring (bicyclic) bond motifs is 1. The van der Waals surface area contributed by atoms with Gasteiger partial charge in [0.1, 0.15) is 12.3 Å². The highest BCUT2D eigenvalue weighted by Crippen LogP contribution is 2.33. The second-order valence-corrected chi connectivity index (χ2v) is 6.36. The Labute approximate surface area is 138 Å². The summed E-state index contributed by atoms with van der Waals surface area (Å²) in [7, 11) is 0. The molecule has 0 saturated carbocycles. The first kappa shape index (κ1) is 15.6. The molecule has 1 aliphatic rings. The lowest BCUT2D eigenvalue weighted by atomic mass is 10.2. The van der Waals surface area contributed by atoms with Gasteiger partial charge in [0.2, 0.25) is 5.91 Å². The third kappa shape index (κ3) is 3.53. The van der Waals surface area contributed by atoms with Crippen LogP contribution in [0.3, 0.4) is 0 Å². The van der Waals surface area contributed by atoms with Gasteiger partial charge in [-0.05, 0) is 36.9 Å².